The van der Waals surface area contributed by atoms with Crippen LogP contribution in [-0.2, 0) is 22.9 Å². The average Bonchev–Trinajstić information content (AvgIpc) is 3.16. The van der Waals surface area contributed by atoms with Gasteiger partial charge in [-0.3, -0.25) is 14.9 Å². The van der Waals surface area contributed by atoms with Crippen molar-refractivity contribution in [2.24, 2.45) is 5.92 Å². The van der Waals surface area contributed by atoms with Crippen molar-refractivity contribution in [1.82, 2.24) is 9.21 Å². The number of hydrogen-bond acceptors (Lipinski definition) is 6. The number of nitro groups is 1. The van der Waals surface area contributed by atoms with E-state index in [4.69, 9.17) is 0 Å². The van der Waals surface area contributed by atoms with Crippen molar-refractivity contribution in [3.05, 3.63) is 55.8 Å². The number of rotatable bonds is 4. The molecule has 0 bridgehead atoms. The summed E-state index contributed by atoms with van der Waals surface area (Å²) in [6, 6.07) is 4.88. The molecule has 1 aliphatic heterocycles. The lowest BCUT2D eigenvalue weighted by Crippen LogP contribution is -2.50. The predicted octanol–water partition coefficient (Wildman–Crippen LogP) is 2.93. The summed E-state index contributed by atoms with van der Waals surface area (Å²) < 4.78 is 27.0. The zero-order chi connectivity index (χ0) is 21.5. The molecule has 2 heterocycles. The van der Waals surface area contributed by atoms with Crippen molar-refractivity contribution in [3.63, 3.8) is 0 Å². The summed E-state index contributed by atoms with van der Waals surface area (Å²) in [4.78, 5) is 26.3. The number of benzene rings is 1. The fourth-order valence-electron chi connectivity index (χ4n) is 4.05. The van der Waals surface area contributed by atoms with Crippen molar-refractivity contribution in [1.29, 1.82) is 0 Å². The topological polar surface area (TPSA) is 101 Å². The van der Waals surface area contributed by atoms with E-state index in [0.717, 1.165) is 24.8 Å². The molecule has 1 atom stereocenters. The van der Waals surface area contributed by atoms with E-state index in [2.05, 4.69) is 6.92 Å². The van der Waals surface area contributed by atoms with Crippen LogP contribution in [0.25, 0.3) is 0 Å². The van der Waals surface area contributed by atoms with Crippen molar-refractivity contribution in [2.45, 2.75) is 31.1 Å². The molecule has 30 heavy (non-hydrogen) atoms. The molecule has 1 amide bonds. The number of carbonyl (C=O) groups is 1. The molecular weight excluding hydrogens is 426 g/mol. The number of carbonyl (C=O) groups excluding carboxylic acids is 1. The fourth-order valence-corrected chi connectivity index (χ4v) is 6.71. The predicted molar refractivity (Wildman–Crippen MR) is 113 cm³/mol. The summed E-state index contributed by atoms with van der Waals surface area (Å²) in [5.74, 6) is 0.627. The van der Waals surface area contributed by atoms with Gasteiger partial charge in [-0.1, -0.05) is 6.92 Å². The smallest absolute Gasteiger partial charge is 0.269 e. The molecule has 160 valence electrons. The van der Waals surface area contributed by atoms with Gasteiger partial charge in [0.2, 0.25) is 10.0 Å². The van der Waals surface area contributed by atoms with Crippen LogP contribution in [0.2, 0.25) is 0 Å². The lowest BCUT2D eigenvalue weighted by Gasteiger charge is -2.34. The van der Waals surface area contributed by atoms with Gasteiger partial charge in [0.15, 0.2) is 0 Å². The second kappa shape index (κ2) is 8.09. The van der Waals surface area contributed by atoms with E-state index in [1.807, 2.05) is 5.38 Å². The summed E-state index contributed by atoms with van der Waals surface area (Å²) in [6.45, 7) is 3.29. The van der Waals surface area contributed by atoms with Gasteiger partial charge in [0.05, 0.1) is 15.4 Å². The quantitative estimate of drug-likeness (QED) is 0.528. The minimum Gasteiger partial charge on any atom is -0.336 e. The Kier molecular flexibility index (Phi) is 5.65. The molecule has 1 fully saturated rings. The molecule has 1 saturated heterocycles. The zero-order valence-electron chi connectivity index (χ0n) is 16.6. The Morgan fingerprint density at radius 3 is 2.47 bits per heavy atom. The van der Waals surface area contributed by atoms with E-state index in [9.17, 15) is 23.3 Å². The molecule has 2 aliphatic rings. The summed E-state index contributed by atoms with van der Waals surface area (Å²) in [7, 11) is -3.75. The van der Waals surface area contributed by atoms with Crippen LogP contribution in [0.1, 0.15) is 34.1 Å². The van der Waals surface area contributed by atoms with Gasteiger partial charge in [-0.05, 0) is 42.9 Å². The Hall–Kier alpha value is -2.30. The summed E-state index contributed by atoms with van der Waals surface area (Å²) in [5, 5.41) is 12.7. The van der Waals surface area contributed by atoms with Crippen molar-refractivity contribution < 1.29 is 18.1 Å². The maximum absolute atomic E-state index is 13.0. The second-order valence-corrected chi connectivity index (χ2v) is 10.7. The summed E-state index contributed by atoms with van der Waals surface area (Å²) >= 11 is 1.65. The maximum Gasteiger partial charge on any atom is 0.269 e. The Bertz CT molecular complexity index is 1070. The minimum absolute atomic E-state index is 0.0190. The number of nitro benzene ring substituents is 1. The third-order valence-electron chi connectivity index (χ3n) is 5.84. The molecular formula is C20H23N3O5S2. The van der Waals surface area contributed by atoms with E-state index in [-0.39, 0.29) is 29.6 Å². The number of hydrogen-bond donors (Lipinski definition) is 0. The van der Waals surface area contributed by atoms with Crippen LogP contribution >= 0.6 is 11.3 Å². The van der Waals surface area contributed by atoms with Crippen molar-refractivity contribution in [3.8, 4) is 0 Å². The SMILES string of the molecule is CC1CCc2c(C(=O)N3CCN(S(=O)(=O)c4ccc([N+](=O)[O-])cc4)CC3)csc2C1. The minimum atomic E-state index is -3.75. The molecule has 1 aromatic heterocycles. The number of fused-ring (bicyclic) bond motifs is 1. The van der Waals surface area contributed by atoms with Gasteiger partial charge < -0.3 is 4.90 Å². The van der Waals surface area contributed by atoms with Crippen LogP contribution in [-0.4, -0.2) is 54.6 Å². The third kappa shape index (κ3) is 3.86. The van der Waals surface area contributed by atoms with Crippen molar-refractivity contribution >= 4 is 33.0 Å². The molecule has 4 rings (SSSR count). The normalized spacial score (nSPS) is 20.0. The monoisotopic (exact) mass is 449 g/mol. The molecule has 10 heteroatoms. The molecule has 2 aromatic rings. The van der Waals surface area contributed by atoms with Gasteiger partial charge >= 0.3 is 0 Å². The highest BCUT2D eigenvalue weighted by Gasteiger charge is 2.32. The molecule has 0 saturated carbocycles. The van der Waals surface area contributed by atoms with Crippen LogP contribution in [0.4, 0.5) is 5.69 Å². The molecule has 0 radical (unpaired) electrons. The lowest BCUT2D eigenvalue weighted by molar-refractivity contribution is -0.384. The van der Waals surface area contributed by atoms with E-state index in [0.29, 0.717) is 19.0 Å². The van der Waals surface area contributed by atoms with Crippen LogP contribution < -0.4 is 0 Å². The highest BCUT2D eigenvalue weighted by atomic mass is 32.2. The van der Waals surface area contributed by atoms with Gasteiger partial charge in [0.1, 0.15) is 0 Å². The molecule has 1 aromatic carbocycles. The van der Waals surface area contributed by atoms with Gasteiger partial charge in [0, 0.05) is 48.6 Å². The van der Waals surface area contributed by atoms with E-state index >= 15 is 0 Å². The highest BCUT2D eigenvalue weighted by molar-refractivity contribution is 7.89. The van der Waals surface area contributed by atoms with Crippen LogP contribution in [0.5, 0.6) is 0 Å². The number of piperazine rings is 1. The lowest BCUT2D eigenvalue weighted by atomic mass is 9.88. The average molecular weight is 450 g/mol. The molecule has 1 aliphatic carbocycles. The van der Waals surface area contributed by atoms with Gasteiger partial charge in [-0.15, -0.1) is 11.3 Å². The van der Waals surface area contributed by atoms with Gasteiger partial charge in [0.25, 0.3) is 11.6 Å². The first-order chi connectivity index (χ1) is 14.3. The van der Waals surface area contributed by atoms with Gasteiger partial charge in [-0.2, -0.15) is 4.31 Å². The Balaban J connectivity index is 1.43. The number of nitrogens with zero attached hydrogens (tertiary/aromatic N) is 3. The maximum atomic E-state index is 13.0. The molecule has 8 nitrogen and oxygen atoms in total. The van der Waals surface area contributed by atoms with Crippen molar-refractivity contribution in [2.75, 3.05) is 26.2 Å². The number of sulfonamides is 1. The first kappa shape index (κ1) is 21.0. The molecule has 0 spiro atoms. The third-order valence-corrected chi connectivity index (χ3v) is 8.81. The second-order valence-electron chi connectivity index (χ2n) is 7.85. The fraction of sp³-hybridized carbons (Fsp3) is 0.450. The largest absolute Gasteiger partial charge is 0.336 e. The first-order valence-corrected chi connectivity index (χ1v) is 12.2. The highest BCUT2D eigenvalue weighted by Crippen LogP contribution is 2.33. The van der Waals surface area contributed by atoms with E-state index in [1.54, 1.807) is 16.2 Å². The zero-order valence-corrected chi connectivity index (χ0v) is 18.2. The van der Waals surface area contributed by atoms with Crippen LogP contribution in [0.3, 0.4) is 0 Å². The summed E-state index contributed by atoms with van der Waals surface area (Å²) in [6.07, 6.45) is 3.04. The number of non-ortho nitro benzene ring substituents is 1. The van der Waals surface area contributed by atoms with Crippen LogP contribution in [0, 0.1) is 16.0 Å². The standard InChI is InChI=1S/C20H23N3O5S2/c1-14-2-7-17-18(13-29-19(17)12-14)20(24)21-8-10-22(11-9-21)30(27,28)16-5-3-15(4-6-16)23(25)26/h3-6,13-14H,2,7-12H2,1H3. The van der Waals surface area contributed by atoms with Crippen LogP contribution in [0.15, 0.2) is 34.5 Å². The Morgan fingerprint density at radius 2 is 1.83 bits per heavy atom. The Morgan fingerprint density at radius 1 is 1.17 bits per heavy atom. The molecule has 1 unspecified atom stereocenters. The first-order valence-electron chi connectivity index (χ1n) is 9.90. The number of thiophene rings is 1. The van der Waals surface area contributed by atoms with Gasteiger partial charge in [-0.25, -0.2) is 8.42 Å². The summed E-state index contributed by atoms with van der Waals surface area (Å²) in [5.41, 5.74) is 1.79. The van der Waals surface area contributed by atoms with E-state index in [1.165, 1.54) is 39.0 Å². The van der Waals surface area contributed by atoms with E-state index < -0.39 is 14.9 Å². The Labute approximate surface area is 179 Å². The molecule has 0 N–H and O–H groups in total. The number of amides is 1.